The first-order chi connectivity index (χ1) is 20.7. The molecule has 10 heteroatoms. The number of halogens is 1. The number of nitrogens with zero attached hydrogens (tertiary/aromatic N) is 5. The van der Waals surface area contributed by atoms with E-state index in [1.54, 1.807) is 55.1 Å². The third-order valence-corrected chi connectivity index (χ3v) is 8.58. The smallest absolute Gasteiger partial charge is 0.296 e. The van der Waals surface area contributed by atoms with Crippen LogP contribution in [0.2, 0.25) is 0 Å². The van der Waals surface area contributed by atoms with Crippen molar-refractivity contribution in [3.8, 4) is 17.1 Å². The van der Waals surface area contributed by atoms with Crippen molar-refractivity contribution in [2.75, 3.05) is 5.75 Å². The second-order valence-corrected chi connectivity index (χ2v) is 11.2. The monoisotopic (exact) mass is 593 g/mol. The Labute approximate surface area is 250 Å². The molecule has 3 heterocycles. The molecule has 0 atom stereocenters. The summed E-state index contributed by atoms with van der Waals surface area (Å²) in [5.74, 6) is -0.513. The Kier molecular flexibility index (Phi) is 7.23. The maximum absolute atomic E-state index is 13.9. The summed E-state index contributed by atoms with van der Waals surface area (Å²) < 4.78 is 20.0. The van der Waals surface area contributed by atoms with Gasteiger partial charge in [-0.25, -0.2) is 18.6 Å². The van der Waals surface area contributed by atoms with E-state index in [0.717, 1.165) is 28.8 Å². The number of para-hydroxylation sites is 2. The summed E-state index contributed by atoms with van der Waals surface area (Å²) in [6.45, 7) is 5.51. The van der Waals surface area contributed by atoms with Crippen molar-refractivity contribution >= 4 is 28.4 Å². The van der Waals surface area contributed by atoms with E-state index in [1.807, 2.05) is 54.8 Å². The predicted octanol–water partition coefficient (Wildman–Crippen LogP) is 5.71. The summed E-state index contributed by atoms with van der Waals surface area (Å²) in [6.07, 6.45) is 0. The minimum absolute atomic E-state index is 0.0166. The quantitative estimate of drug-likeness (QED) is 0.135. The lowest BCUT2D eigenvalue weighted by molar-refractivity contribution is 0.102. The Bertz CT molecular complexity index is 2140. The number of aromatic nitrogens is 5. The fraction of sp³-hybridized carbons (Fsp3) is 0.152. The average molecular weight is 594 g/mol. The van der Waals surface area contributed by atoms with E-state index in [1.165, 1.54) is 21.4 Å². The van der Waals surface area contributed by atoms with Gasteiger partial charge < -0.3 is 4.57 Å². The number of ketones is 1. The summed E-state index contributed by atoms with van der Waals surface area (Å²) in [5.41, 5.74) is 3.96. The molecule has 3 aromatic carbocycles. The van der Waals surface area contributed by atoms with E-state index in [9.17, 15) is 18.8 Å². The number of thioether (sulfide) groups is 1. The maximum atomic E-state index is 13.9. The van der Waals surface area contributed by atoms with Crippen LogP contribution in [-0.4, -0.2) is 35.0 Å². The topological polar surface area (TPSA) is 83.8 Å². The first-order valence-electron chi connectivity index (χ1n) is 13.6. The summed E-state index contributed by atoms with van der Waals surface area (Å²) >= 11 is 1.11. The van der Waals surface area contributed by atoms with Gasteiger partial charge in [0.05, 0.1) is 28.0 Å². The van der Waals surface area contributed by atoms with E-state index >= 15 is 0 Å². The molecule has 0 spiro atoms. The van der Waals surface area contributed by atoms with Crippen LogP contribution in [0.3, 0.4) is 0 Å². The van der Waals surface area contributed by atoms with Crippen LogP contribution in [0.5, 0.6) is 0 Å². The number of rotatable bonds is 7. The zero-order valence-electron chi connectivity index (χ0n) is 24.0. The van der Waals surface area contributed by atoms with Gasteiger partial charge in [0.1, 0.15) is 11.5 Å². The van der Waals surface area contributed by atoms with Crippen molar-refractivity contribution in [3.05, 3.63) is 134 Å². The molecule has 0 radical (unpaired) electrons. The molecule has 0 N–H and O–H groups in total. The summed E-state index contributed by atoms with van der Waals surface area (Å²) in [7, 11) is 1.76. The van der Waals surface area contributed by atoms with E-state index in [0.29, 0.717) is 27.8 Å². The highest BCUT2D eigenvalue weighted by atomic mass is 32.2. The van der Waals surface area contributed by atoms with Crippen LogP contribution in [0.15, 0.2) is 99.7 Å². The Balaban J connectivity index is 1.43. The molecular weight excluding hydrogens is 565 g/mol. The molecule has 0 aliphatic rings. The lowest BCUT2D eigenvalue weighted by Crippen LogP contribution is -2.28. The standard InChI is InChI=1S/C33H28FN5O3S/c1-20-18-27(21(2)37(20)24-16-14-23(34)15-17-24)29(40)19-43-33-35-28-13-9-8-12-26(28)31(41)38(33)30-22(3)36(4)39(32(30)42)25-10-6-5-7-11-25/h5-18H,19H2,1-4H3. The molecular formula is C33H28FN5O3S. The van der Waals surface area contributed by atoms with Crippen LogP contribution in [0.1, 0.15) is 27.4 Å². The van der Waals surface area contributed by atoms with Gasteiger partial charge in [0.2, 0.25) is 0 Å². The minimum atomic E-state index is -0.388. The lowest BCUT2D eigenvalue weighted by atomic mass is 10.2. The molecule has 43 heavy (non-hydrogen) atoms. The van der Waals surface area contributed by atoms with Crippen LogP contribution in [0.4, 0.5) is 4.39 Å². The molecule has 6 rings (SSSR count). The van der Waals surface area contributed by atoms with E-state index in [4.69, 9.17) is 4.98 Å². The SMILES string of the molecule is Cc1cc(C(=O)CSc2nc3ccccc3c(=O)n2-c2c(C)n(C)n(-c3ccccc3)c2=O)c(C)n1-c1ccc(F)cc1. The van der Waals surface area contributed by atoms with Crippen molar-refractivity contribution in [2.24, 2.45) is 7.05 Å². The second-order valence-electron chi connectivity index (χ2n) is 10.3. The van der Waals surface area contributed by atoms with Gasteiger partial charge in [-0.05, 0) is 75.4 Å². The highest BCUT2D eigenvalue weighted by molar-refractivity contribution is 7.99. The van der Waals surface area contributed by atoms with Gasteiger partial charge in [0, 0.05) is 29.7 Å². The van der Waals surface area contributed by atoms with Crippen molar-refractivity contribution < 1.29 is 9.18 Å². The molecule has 0 aliphatic carbocycles. The third kappa shape index (κ3) is 4.83. The van der Waals surface area contributed by atoms with Crippen LogP contribution >= 0.6 is 11.8 Å². The number of carbonyl (C=O) groups is 1. The van der Waals surface area contributed by atoms with Gasteiger partial charge in [-0.1, -0.05) is 42.1 Å². The molecule has 0 fully saturated rings. The van der Waals surface area contributed by atoms with E-state index in [2.05, 4.69) is 0 Å². The highest BCUT2D eigenvalue weighted by Crippen LogP contribution is 2.26. The van der Waals surface area contributed by atoms with Gasteiger partial charge in [-0.3, -0.25) is 19.1 Å². The van der Waals surface area contributed by atoms with Crippen molar-refractivity contribution in [2.45, 2.75) is 25.9 Å². The molecule has 0 saturated heterocycles. The fourth-order valence-electron chi connectivity index (χ4n) is 5.46. The molecule has 0 bridgehead atoms. The van der Waals surface area contributed by atoms with Gasteiger partial charge in [0.15, 0.2) is 10.9 Å². The fourth-order valence-corrected chi connectivity index (χ4v) is 6.34. The number of carbonyl (C=O) groups excluding carboxylic acids is 1. The highest BCUT2D eigenvalue weighted by Gasteiger charge is 2.24. The lowest BCUT2D eigenvalue weighted by Gasteiger charge is -2.12. The number of benzene rings is 3. The summed E-state index contributed by atoms with van der Waals surface area (Å²) in [4.78, 5) is 46.2. The molecule has 0 aliphatic heterocycles. The van der Waals surface area contributed by atoms with Gasteiger partial charge in [-0.2, -0.15) is 0 Å². The van der Waals surface area contributed by atoms with Crippen LogP contribution in [0, 0.1) is 26.6 Å². The van der Waals surface area contributed by atoms with E-state index < -0.39 is 0 Å². The first kappa shape index (κ1) is 28.2. The van der Waals surface area contributed by atoms with Crippen molar-refractivity contribution in [1.82, 2.24) is 23.5 Å². The largest absolute Gasteiger partial charge is 0.318 e. The number of Topliss-reactive ketones (excluding diaryl/α,β-unsaturated/α-hetero) is 1. The number of fused-ring (bicyclic) bond motifs is 1. The molecule has 0 saturated carbocycles. The zero-order chi connectivity index (χ0) is 30.4. The van der Waals surface area contributed by atoms with Gasteiger partial charge in [0.25, 0.3) is 11.1 Å². The first-order valence-corrected chi connectivity index (χ1v) is 14.6. The van der Waals surface area contributed by atoms with Gasteiger partial charge >= 0.3 is 0 Å². The summed E-state index contributed by atoms with van der Waals surface area (Å²) in [6, 6.07) is 24.1. The average Bonchev–Trinajstić information content (AvgIpc) is 3.42. The normalized spacial score (nSPS) is 11.4. The third-order valence-electron chi connectivity index (χ3n) is 7.64. The Morgan fingerprint density at radius 2 is 1.49 bits per heavy atom. The van der Waals surface area contributed by atoms with E-state index in [-0.39, 0.29) is 39.3 Å². The molecule has 3 aromatic heterocycles. The van der Waals surface area contributed by atoms with Crippen molar-refractivity contribution in [1.29, 1.82) is 0 Å². The predicted molar refractivity (Wildman–Crippen MR) is 167 cm³/mol. The van der Waals surface area contributed by atoms with Crippen LogP contribution < -0.4 is 11.1 Å². The Morgan fingerprint density at radius 3 is 2.21 bits per heavy atom. The number of aryl methyl sites for hydroxylation is 1. The number of hydrogen-bond acceptors (Lipinski definition) is 5. The Hall–Kier alpha value is -4.96. The van der Waals surface area contributed by atoms with Crippen LogP contribution in [-0.2, 0) is 7.05 Å². The zero-order valence-corrected chi connectivity index (χ0v) is 24.9. The van der Waals surface area contributed by atoms with Crippen molar-refractivity contribution in [3.63, 3.8) is 0 Å². The Morgan fingerprint density at radius 1 is 0.814 bits per heavy atom. The molecule has 216 valence electrons. The second kappa shape index (κ2) is 11.0. The molecule has 0 amide bonds. The number of hydrogen-bond donors (Lipinski definition) is 0. The molecule has 6 aromatic rings. The summed E-state index contributed by atoms with van der Waals surface area (Å²) in [5, 5.41) is 0.616. The minimum Gasteiger partial charge on any atom is -0.318 e. The van der Waals surface area contributed by atoms with Gasteiger partial charge in [-0.15, -0.1) is 0 Å². The maximum Gasteiger partial charge on any atom is 0.296 e. The molecule has 8 nitrogen and oxygen atoms in total. The van der Waals surface area contributed by atoms with Crippen LogP contribution in [0.25, 0.3) is 28.0 Å². The molecule has 0 unspecified atom stereocenters.